The Labute approximate surface area is 367 Å². The third-order valence-electron chi connectivity index (χ3n) is 14.8. The number of aryl methyl sites for hydroxylation is 3. The van der Waals surface area contributed by atoms with Gasteiger partial charge in [-0.1, -0.05) is 121 Å². The smallest absolute Gasteiger partial charge is 0.131 e. The van der Waals surface area contributed by atoms with E-state index in [9.17, 15) is 0 Å². The molecule has 0 fully saturated rings. The van der Waals surface area contributed by atoms with Crippen LogP contribution in [0.15, 0.2) is 156 Å². The topological polar surface area (TPSA) is 39.5 Å². The molecule has 0 saturated carbocycles. The summed E-state index contributed by atoms with van der Waals surface area (Å²) in [5, 5.41) is 6.96. The van der Waals surface area contributed by atoms with Gasteiger partial charge >= 0.3 is 0 Å². The van der Waals surface area contributed by atoms with E-state index >= 15 is 0 Å². The van der Waals surface area contributed by atoms with Crippen molar-refractivity contribution in [2.45, 2.75) is 71.0 Å². The van der Waals surface area contributed by atoms with Gasteiger partial charge in [0.25, 0.3) is 0 Å². The molecular formula is C58H49N5. The van der Waals surface area contributed by atoms with Gasteiger partial charge in [0, 0.05) is 91.6 Å². The van der Waals surface area contributed by atoms with Crippen LogP contribution in [0.1, 0.15) is 78.7 Å². The zero-order chi connectivity index (χ0) is 41.8. The highest BCUT2D eigenvalue weighted by atomic mass is 15.0. The number of hydrogen-bond donors (Lipinski definition) is 0. The van der Waals surface area contributed by atoms with Gasteiger partial charge in [0.05, 0.1) is 17.4 Å². The summed E-state index contributed by atoms with van der Waals surface area (Å²) in [6, 6.07) is 43.1. The lowest BCUT2D eigenvalue weighted by atomic mass is 9.75. The highest BCUT2D eigenvalue weighted by molar-refractivity contribution is 6.13. The molecule has 5 aliphatic rings. The van der Waals surface area contributed by atoms with Crippen molar-refractivity contribution in [3.8, 4) is 16.8 Å². The number of hydrogen-bond acceptors (Lipinski definition) is 2. The molecule has 1 aliphatic heterocycles. The van der Waals surface area contributed by atoms with Crippen molar-refractivity contribution in [1.29, 1.82) is 0 Å². The molecule has 3 unspecified atom stereocenters. The Morgan fingerprint density at radius 1 is 0.698 bits per heavy atom. The van der Waals surface area contributed by atoms with E-state index in [4.69, 9.17) is 9.98 Å². The molecule has 5 heteroatoms. The number of benzene rings is 5. The van der Waals surface area contributed by atoms with Crippen LogP contribution in [0.4, 0.5) is 0 Å². The van der Waals surface area contributed by atoms with E-state index in [2.05, 4.69) is 185 Å². The van der Waals surface area contributed by atoms with Crippen LogP contribution in [-0.2, 0) is 25.9 Å². The van der Waals surface area contributed by atoms with Crippen molar-refractivity contribution in [2.75, 3.05) is 0 Å². The molecule has 0 saturated heterocycles. The number of rotatable bonds is 6. The van der Waals surface area contributed by atoms with E-state index in [-0.39, 0.29) is 17.9 Å². The first-order valence-electron chi connectivity index (χ1n) is 23.1. The molecular weight excluding hydrogens is 767 g/mol. The second kappa shape index (κ2) is 14.3. The fraction of sp³-hybridized carbons (Fsp3) is 0.207. The number of fused-ring (bicyclic) bond motifs is 14. The van der Waals surface area contributed by atoms with Crippen LogP contribution in [0, 0.1) is 5.92 Å². The third kappa shape index (κ3) is 5.41. The molecule has 0 spiro atoms. The van der Waals surface area contributed by atoms with Crippen molar-refractivity contribution in [1.82, 2.24) is 13.7 Å². The summed E-state index contributed by atoms with van der Waals surface area (Å²) in [6.45, 7) is 6.46. The molecule has 4 aliphatic carbocycles. The van der Waals surface area contributed by atoms with Gasteiger partial charge in [0.15, 0.2) is 0 Å². The first kappa shape index (κ1) is 36.7. The summed E-state index contributed by atoms with van der Waals surface area (Å²) in [5.41, 5.74) is 18.8. The zero-order valence-corrected chi connectivity index (χ0v) is 35.9. The molecule has 3 aromatic heterocycles. The van der Waals surface area contributed by atoms with Crippen LogP contribution in [0.3, 0.4) is 0 Å². The van der Waals surface area contributed by atoms with E-state index in [1.165, 1.54) is 99.3 Å². The van der Waals surface area contributed by atoms with Crippen LogP contribution >= 0.6 is 0 Å². The molecule has 5 nitrogen and oxygen atoms in total. The Balaban J connectivity index is 0.998. The maximum atomic E-state index is 5.31. The van der Waals surface area contributed by atoms with Gasteiger partial charge in [-0.05, 0) is 109 Å². The van der Waals surface area contributed by atoms with E-state index in [1.807, 2.05) is 0 Å². The first-order valence-corrected chi connectivity index (χ1v) is 23.1. The van der Waals surface area contributed by atoms with E-state index in [0.717, 1.165) is 56.7 Å². The van der Waals surface area contributed by atoms with Crippen LogP contribution in [0.5, 0.6) is 0 Å². The predicted molar refractivity (Wildman–Crippen MR) is 263 cm³/mol. The van der Waals surface area contributed by atoms with E-state index in [0.29, 0.717) is 0 Å². The Bertz CT molecular complexity index is 3500. The molecule has 306 valence electrons. The normalized spacial score (nSPS) is 19.7. The van der Waals surface area contributed by atoms with Gasteiger partial charge in [0.2, 0.25) is 0 Å². The number of aromatic nitrogens is 3. The summed E-state index contributed by atoms with van der Waals surface area (Å²) in [6.07, 6.45) is 20.9. The molecule has 0 bridgehead atoms. The summed E-state index contributed by atoms with van der Waals surface area (Å²) >= 11 is 0. The fourth-order valence-electron chi connectivity index (χ4n) is 12.1. The van der Waals surface area contributed by atoms with Gasteiger partial charge in [0.1, 0.15) is 5.84 Å². The summed E-state index contributed by atoms with van der Waals surface area (Å²) < 4.78 is 7.65. The minimum Gasteiger partial charge on any atom is -0.341 e. The molecule has 8 aromatic rings. The first-order chi connectivity index (χ1) is 31.2. The van der Waals surface area contributed by atoms with Gasteiger partial charge in [-0.2, -0.15) is 0 Å². The molecule has 0 radical (unpaired) electrons. The van der Waals surface area contributed by atoms with Crippen molar-refractivity contribution in [3.63, 3.8) is 0 Å². The highest BCUT2D eigenvalue weighted by Crippen LogP contribution is 2.52. The van der Waals surface area contributed by atoms with Gasteiger partial charge < -0.3 is 13.7 Å². The molecule has 4 heterocycles. The molecule has 3 atom stereocenters. The van der Waals surface area contributed by atoms with Crippen molar-refractivity contribution in [2.24, 2.45) is 15.9 Å². The second-order valence-corrected chi connectivity index (χ2v) is 17.9. The maximum absolute atomic E-state index is 5.31. The third-order valence-corrected chi connectivity index (χ3v) is 14.8. The summed E-state index contributed by atoms with van der Waals surface area (Å²) in [7, 11) is 0. The lowest BCUT2D eigenvalue weighted by molar-refractivity contribution is 0.726. The summed E-state index contributed by atoms with van der Waals surface area (Å²) in [5.74, 6) is 1.38. The van der Waals surface area contributed by atoms with Crippen molar-refractivity contribution >= 4 is 62.0 Å². The standard InChI is InChI=1S/C58H49N5/c1-3-61-48-21-13-11-19-44(48)54-40-29-33-52-56(42(40)27-31-50(54)61)57-43-28-32-51-55(45-20-12-14-22-49(45)62(51)4-2)41(43)30-34-53(57)63(52)39-25-23-37(24-26-39)47-35-46(36-15-7-5-8-16-36)59-58(60-47)38-17-9-6-10-18-38/h5-17,19-27,30-32,34,38,43,46H,3-4,18,28-29,33,35H2,1-2H3. The number of nitrogens with zero attached hydrogens (tertiary/aromatic N) is 5. The van der Waals surface area contributed by atoms with Crippen LogP contribution in [0.25, 0.3) is 67.2 Å². The van der Waals surface area contributed by atoms with Crippen LogP contribution in [0.2, 0.25) is 0 Å². The van der Waals surface area contributed by atoms with E-state index in [1.54, 1.807) is 0 Å². The quantitative estimate of drug-likeness (QED) is 0.160. The SMILES string of the molecule is CCn1c2c(c3ccccc31)=C1C=Cc3c(c4c(n3-c3ccc(C5=NC(C6C=CC=CC6)=NC(c6ccccc6)C5)cc3)CCc3c-4ccc4c3c3ccccc3n4CC)C1CC=2. The predicted octanol–water partition coefficient (Wildman–Crippen LogP) is 12.0. The lowest BCUT2D eigenvalue weighted by Gasteiger charge is -2.27. The monoisotopic (exact) mass is 815 g/mol. The largest absolute Gasteiger partial charge is 0.341 e. The Kier molecular flexibility index (Phi) is 8.31. The average molecular weight is 816 g/mol. The Hall–Kier alpha value is -6.98. The molecule has 0 amide bonds. The minimum atomic E-state index is 0.0452. The number of amidine groups is 1. The number of allylic oxidation sites excluding steroid dienone is 4. The molecule has 63 heavy (non-hydrogen) atoms. The summed E-state index contributed by atoms with van der Waals surface area (Å²) in [4.78, 5) is 10.6. The van der Waals surface area contributed by atoms with Crippen molar-refractivity contribution in [3.05, 3.63) is 190 Å². The number of aliphatic imine (C=N–C) groups is 2. The van der Waals surface area contributed by atoms with E-state index < -0.39 is 0 Å². The highest BCUT2D eigenvalue weighted by Gasteiger charge is 2.37. The second-order valence-electron chi connectivity index (χ2n) is 17.9. The molecule has 0 N–H and O–H groups in total. The van der Waals surface area contributed by atoms with Gasteiger partial charge in [-0.25, -0.2) is 4.99 Å². The van der Waals surface area contributed by atoms with Gasteiger partial charge in [-0.15, -0.1) is 0 Å². The Morgan fingerprint density at radius 2 is 1.48 bits per heavy atom. The molecule has 13 rings (SSSR count). The fourth-order valence-corrected chi connectivity index (χ4v) is 12.1. The molecule has 5 aromatic carbocycles. The number of para-hydroxylation sites is 2. The lowest BCUT2D eigenvalue weighted by Crippen LogP contribution is -2.35. The van der Waals surface area contributed by atoms with Crippen LogP contribution < -0.4 is 10.6 Å². The van der Waals surface area contributed by atoms with Crippen LogP contribution in [-0.4, -0.2) is 25.2 Å². The zero-order valence-electron chi connectivity index (χ0n) is 35.9. The minimum absolute atomic E-state index is 0.0452. The average Bonchev–Trinajstić information content (AvgIpc) is 4.00. The van der Waals surface area contributed by atoms with Gasteiger partial charge in [-0.3, -0.25) is 4.99 Å². The maximum Gasteiger partial charge on any atom is 0.131 e. The van der Waals surface area contributed by atoms with Crippen molar-refractivity contribution < 1.29 is 0 Å². The Morgan fingerprint density at radius 3 is 2.27 bits per heavy atom.